The highest BCUT2D eigenvalue weighted by molar-refractivity contribution is 6.31. The highest BCUT2D eigenvalue weighted by Gasteiger charge is 2.10. The van der Waals surface area contributed by atoms with E-state index in [1.54, 1.807) is 18.3 Å². The molecule has 2 aromatic heterocycles. The molecular formula is C13H12ClN5O. The summed E-state index contributed by atoms with van der Waals surface area (Å²) in [5.41, 5.74) is 2.50. The highest BCUT2D eigenvalue weighted by Crippen LogP contribution is 2.17. The van der Waals surface area contributed by atoms with Crippen LogP contribution in [0.15, 0.2) is 24.4 Å². The van der Waals surface area contributed by atoms with Crippen molar-refractivity contribution in [2.24, 2.45) is 0 Å². The summed E-state index contributed by atoms with van der Waals surface area (Å²) in [5.74, 6) is 0.692. The van der Waals surface area contributed by atoms with Crippen LogP contribution in [0.25, 0.3) is 11.0 Å². The number of imidazole rings is 2. The number of aryl methyl sites for hydroxylation is 1. The van der Waals surface area contributed by atoms with E-state index in [-0.39, 0.29) is 5.91 Å². The van der Waals surface area contributed by atoms with Crippen molar-refractivity contribution in [3.63, 3.8) is 0 Å². The van der Waals surface area contributed by atoms with Crippen LogP contribution in [-0.2, 0) is 6.54 Å². The summed E-state index contributed by atoms with van der Waals surface area (Å²) in [6.07, 6.45) is 1.61. The minimum atomic E-state index is -0.267. The average molecular weight is 290 g/mol. The van der Waals surface area contributed by atoms with Gasteiger partial charge in [-0.3, -0.25) is 4.79 Å². The van der Waals surface area contributed by atoms with E-state index >= 15 is 0 Å². The molecule has 0 spiro atoms. The number of H-pyrrole nitrogens is 2. The number of carbonyl (C=O) groups excluding carboxylic acids is 1. The van der Waals surface area contributed by atoms with Gasteiger partial charge in [0.25, 0.3) is 5.91 Å². The number of carbonyl (C=O) groups is 1. The maximum Gasteiger partial charge on any atom is 0.287 e. The van der Waals surface area contributed by atoms with Crippen LogP contribution in [-0.4, -0.2) is 25.8 Å². The van der Waals surface area contributed by atoms with E-state index in [9.17, 15) is 4.79 Å². The number of nitrogens with zero attached hydrogens (tertiary/aromatic N) is 2. The molecule has 102 valence electrons. The van der Waals surface area contributed by atoms with E-state index in [4.69, 9.17) is 11.6 Å². The molecule has 0 atom stereocenters. The van der Waals surface area contributed by atoms with Gasteiger partial charge in [0.05, 0.1) is 17.6 Å². The van der Waals surface area contributed by atoms with Crippen LogP contribution in [0.1, 0.15) is 22.1 Å². The molecule has 0 unspecified atom stereocenters. The van der Waals surface area contributed by atoms with Gasteiger partial charge < -0.3 is 15.3 Å². The van der Waals surface area contributed by atoms with Crippen LogP contribution in [0.2, 0.25) is 5.02 Å². The maximum absolute atomic E-state index is 11.8. The van der Waals surface area contributed by atoms with Crippen molar-refractivity contribution in [1.82, 2.24) is 25.3 Å². The summed E-state index contributed by atoms with van der Waals surface area (Å²) in [7, 11) is 0. The molecule has 20 heavy (non-hydrogen) atoms. The molecule has 0 saturated carbocycles. The van der Waals surface area contributed by atoms with E-state index in [0.29, 0.717) is 23.2 Å². The van der Waals surface area contributed by atoms with Gasteiger partial charge in [-0.1, -0.05) is 11.6 Å². The molecule has 0 aliphatic rings. The first kappa shape index (κ1) is 12.7. The minimum Gasteiger partial charge on any atom is -0.342 e. The summed E-state index contributed by atoms with van der Waals surface area (Å²) < 4.78 is 0. The second-order valence-corrected chi connectivity index (χ2v) is 4.88. The quantitative estimate of drug-likeness (QED) is 0.691. The van der Waals surface area contributed by atoms with Crippen LogP contribution in [0.5, 0.6) is 0 Å². The van der Waals surface area contributed by atoms with Crippen molar-refractivity contribution >= 4 is 28.5 Å². The summed E-state index contributed by atoms with van der Waals surface area (Å²) in [4.78, 5) is 26.1. The Labute approximate surface area is 119 Å². The summed E-state index contributed by atoms with van der Waals surface area (Å²) in [5, 5.41) is 3.39. The number of nitrogens with one attached hydrogen (secondary N) is 3. The van der Waals surface area contributed by atoms with Crippen molar-refractivity contribution in [2.75, 3.05) is 0 Å². The summed E-state index contributed by atoms with van der Waals surface area (Å²) >= 11 is 5.91. The van der Waals surface area contributed by atoms with Crippen LogP contribution in [0, 0.1) is 6.92 Å². The fourth-order valence-corrected chi connectivity index (χ4v) is 2.07. The van der Waals surface area contributed by atoms with Crippen LogP contribution in [0.3, 0.4) is 0 Å². The topological polar surface area (TPSA) is 86.5 Å². The molecule has 0 saturated heterocycles. The molecule has 6 nitrogen and oxygen atoms in total. The lowest BCUT2D eigenvalue weighted by Crippen LogP contribution is -2.24. The molecule has 1 amide bonds. The van der Waals surface area contributed by atoms with Gasteiger partial charge in [0.15, 0.2) is 5.82 Å². The SMILES string of the molecule is Cc1cnc(C(=O)NCc2nc3ccc(Cl)cc3[nH]2)[nH]1. The Morgan fingerprint density at radius 3 is 3.00 bits per heavy atom. The predicted octanol–water partition coefficient (Wildman–Crippen LogP) is 2.18. The molecule has 0 aliphatic heterocycles. The van der Waals surface area contributed by atoms with Crippen molar-refractivity contribution in [1.29, 1.82) is 0 Å². The lowest BCUT2D eigenvalue weighted by atomic mass is 10.3. The van der Waals surface area contributed by atoms with E-state index in [0.717, 1.165) is 16.7 Å². The van der Waals surface area contributed by atoms with Crippen molar-refractivity contribution in [3.05, 3.63) is 46.8 Å². The number of amides is 1. The largest absolute Gasteiger partial charge is 0.342 e. The molecule has 0 fully saturated rings. The van der Waals surface area contributed by atoms with Crippen molar-refractivity contribution < 1.29 is 4.79 Å². The summed E-state index contributed by atoms with van der Waals surface area (Å²) in [6, 6.07) is 5.40. The molecule has 3 aromatic rings. The molecule has 3 N–H and O–H groups in total. The first-order valence-electron chi connectivity index (χ1n) is 6.06. The molecular weight excluding hydrogens is 278 g/mol. The Balaban J connectivity index is 1.72. The van der Waals surface area contributed by atoms with Crippen LogP contribution >= 0.6 is 11.6 Å². The number of rotatable bonds is 3. The Bertz CT molecular complexity index is 776. The van der Waals surface area contributed by atoms with Gasteiger partial charge in [0.1, 0.15) is 5.82 Å². The molecule has 3 rings (SSSR count). The third kappa shape index (κ3) is 2.50. The zero-order valence-corrected chi connectivity index (χ0v) is 11.5. The monoisotopic (exact) mass is 289 g/mol. The van der Waals surface area contributed by atoms with E-state index in [2.05, 4.69) is 25.3 Å². The predicted molar refractivity (Wildman–Crippen MR) is 75.6 cm³/mol. The number of fused-ring (bicyclic) bond motifs is 1. The minimum absolute atomic E-state index is 0.267. The normalized spacial score (nSPS) is 10.9. The smallest absolute Gasteiger partial charge is 0.287 e. The number of aromatic nitrogens is 4. The first-order chi connectivity index (χ1) is 9.61. The van der Waals surface area contributed by atoms with E-state index < -0.39 is 0 Å². The van der Waals surface area contributed by atoms with E-state index in [1.165, 1.54) is 0 Å². The average Bonchev–Trinajstić information content (AvgIpc) is 3.01. The Morgan fingerprint density at radius 1 is 1.40 bits per heavy atom. The Kier molecular flexibility index (Phi) is 3.15. The standard InChI is InChI=1S/C13H12ClN5O/c1-7-5-15-12(17-7)13(20)16-6-11-18-9-3-2-8(14)4-10(9)19-11/h2-5H,6H2,1H3,(H,15,17)(H,16,20)(H,18,19). The number of aromatic amines is 2. The Hall–Kier alpha value is -2.34. The van der Waals surface area contributed by atoms with Gasteiger partial charge in [0.2, 0.25) is 0 Å². The lowest BCUT2D eigenvalue weighted by Gasteiger charge is -1.99. The van der Waals surface area contributed by atoms with Gasteiger partial charge in [0, 0.05) is 16.9 Å². The van der Waals surface area contributed by atoms with Gasteiger partial charge in [-0.25, -0.2) is 9.97 Å². The third-order valence-corrected chi connectivity index (χ3v) is 3.06. The maximum atomic E-state index is 11.8. The molecule has 1 aromatic carbocycles. The number of benzene rings is 1. The van der Waals surface area contributed by atoms with Crippen LogP contribution in [0.4, 0.5) is 0 Å². The lowest BCUT2D eigenvalue weighted by molar-refractivity contribution is 0.0940. The fourth-order valence-electron chi connectivity index (χ4n) is 1.89. The van der Waals surface area contributed by atoms with Crippen LogP contribution < -0.4 is 5.32 Å². The Morgan fingerprint density at radius 2 is 2.25 bits per heavy atom. The molecule has 0 radical (unpaired) electrons. The van der Waals surface area contributed by atoms with E-state index in [1.807, 2.05) is 13.0 Å². The fraction of sp³-hybridized carbons (Fsp3) is 0.154. The van der Waals surface area contributed by atoms with Gasteiger partial charge in [-0.2, -0.15) is 0 Å². The number of hydrogen-bond donors (Lipinski definition) is 3. The zero-order valence-electron chi connectivity index (χ0n) is 10.7. The number of halogens is 1. The van der Waals surface area contributed by atoms with Gasteiger partial charge in [-0.15, -0.1) is 0 Å². The first-order valence-corrected chi connectivity index (χ1v) is 6.43. The molecule has 2 heterocycles. The second-order valence-electron chi connectivity index (χ2n) is 4.44. The highest BCUT2D eigenvalue weighted by atomic mass is 35.5. The summed E-state index contributed by atoms with van der Waals surface area (Å²) in [6.45, 7) is 2.14. The van der Waals surface area contributed by atoms with Gasteiger partial charge >= 0.3 is 0 Å². The van der Waals surface area contributed by atoms with Gasteiger partial charge in [-0.05, 0) is 25.1 Å². The third-order valence-electron chi connectivity index (χ3n) is 2.83. The molecule has 7 heteroatoms. The zero-order chi connectivity index (χ0) is 14.1. The molecule has 0 aliphatic carbocycles. The number of hydrogen-bond acceptors (Lipinski definition) is 3. The second kappa shape index (κ2) is 4.97. The van der Waals surface area contributed by atoms with Crippen molar-refractivity contribution in [2.45, 2.75) is 13.5 Å². The molecule has 0 bridgehead atoms. The van der Waals surface area contributed by atoms with Crippen molar-refractivity contribution in [3.8, 4) is 0 Å².